The van der Waals surface area contributed by atoms with E-state index in [1.807, 2.05) is 0 Å². The first-order valence-electron chi connectivity index (χ1n) is 4.04. The molecule has 0 aromatic rings. The zero-order valence-corrected chi connectivity index (χ0v) is 7.75. The number of nitrogens with two attached hydrogens (primary N) is 1. The molecule has 0 aromatic heterocycles. The predicted octanol–water partition coefficient (Wildman–Crippen LogP) is -0.244. The van der Waals surface area contributed by atoms with Crippen molar-refractivity contribution in [2.45, 2.75) is 17.9 Å². The van der Waals surface area contributed by atoms with Crippen LogP contribution in [0.5, 0.6) is 0 Å². The van der Waals surface area contributed by atoms with Crippen LogP contribution in [0.1, 0.15) is 6.42 Å². The Hall–Kier alpha value is -0.910. The summed E-state index contributed by atoms with van der Waals surface area (Å²) in [6.45, 7) is 0.499. The fraction of sp³-hybridized carbons (Fsp3) is 0.714. The Bertz CT molecular complexity index is 258. The molecule has 5 nitrogen and oxygen atoms in total. The second kappa shape index (κ2) is 3.10. The van der Waals surface area contributed by atoms with Crippen LogP contribution in [0, 0.1) is 0 Å². The van der Waals surface area contributed by atoms with Crippen molar-refractivity contribution in [3.05, 3.63) is 0 Å². The van der Waals surface area contributed by atoms with Gasteiger partial charge in [0.25, 0.3) is 0 Å². The minimum absolute atomic E-state index is 0.135. The molecule has 1 unspecified atom stereocenters. The van der Waals surface area contributed by atoms with Crippen molar-refractivity contribution in [2.24, 2.45) is 5.73 Å². The van der Waals surface area contributed by atoms with Crippen molar-refractivity contribution in [3.8, 4) is 0 Å². The molecule has 6 heteroatoms. The highest BCUT2D eigenvalue weighted by molar-refractivity contribution is 8.00. The summed E-state index contributed by atoms with van der Waals surface area (Å²) in [7, 11) is 0. The van der Waals surface area contributed by atoms with E-state index in [0.717, 1.165) is 5.75 Å². The van der Waals surface area contributed by atoms with Gasteiger partial charge in [-0.1, -0.05) is 0 Å². The third kappa shape index (κ3) is 1.58. The Labute approximate surface area is 79.6 Å². The highest BCUT2D eigenvalue weighted by Crippen LogP contribution is 2.34. The molecular formula is C7H10N2O3S. The number of hydrogen-bond donors (Lipinski definition) is 1. The third-order valence-electron chi connectivity index (χ3n) is 2.17. The van der Waals surface area contributed by atoms with E-state index in [4.69, 9.17) is 10.5 Å². The highest BCUT2D eigenvalue weighted by atomic mass is 32.2. The number of primary amides is 1. The molecule has 2 aliphatic rings. The van der Waals surface area contributed by atoms with Gasteiger partial charge in [0.1, 0.15) is 6.10 Å². The van der Waals surface area contributed by atoms with E-state index in [9.17, 15) is 9.59 Å². The van der Waals surface area contributed by atoms with E-state index in [2.05, 4.69) is 0 Å². The highest BCUT2D eigenvalue weighted by Gasteiger charge is 2.42. The van der Waals surface area contributed by atoms with Crippen molar-refractivity contribution in [1.29, 1.82) is 0 Å². The van der Waals surface area contributed by atoms with Gasteiger partial charge in [0.15, 0.2) is 0 Å². The largest absolute Gasteiger partial charge is 0.444 e. The predicted molar refractivity (Wildman–Crippen MR) is 47.0 cm³/mol. The summed E-state index contributed by atoms with van der Waals surface area (Å²) in [5.74, 6) is 0.868. The van der Waals surface area contributed by atoms with Crippen LogP contribution in [0.25, 0.3) is 0 Å². The first kappa shape index (κ1) is 8.68. The number of carbonyl (C=O) groups excluding carboxylic acids is 2. The number of nitrogens with zero attached hydrogens (tertiary/aromatic N) is 1. The topological polar surface area (TPSA) is 72.6 Å². The number of rotatable bonds is 1. The molecule has 2 aliphatic heterocycles. The summed E-state index contributed by atoms with van der Waals surface area (Å²) in [5, 5.41) is 0.306. The van der Waals surface area contributed by atoms with Gasteiger partial charge in [0, 0.05) is 5.75 Å². The monoisotopic (exact) mass is 202 g/mol. The van der Waals surface area contributed by atoms with Crippen LogP contribution in [0.4, 0.5) is 4.79 Å². The molecule has 0 spiro atoms. The zero-order chi connectivity index (χ0) is 9.42. The Kier molecular flexibility index (Phi) is 2.07. The normalized spacial score (nSPS) is 32.0. The van der Waals surface area contributed by atoms with E-state index in [0.29, 0.717) is 18.3 Å². The summed E-state index contributed by atoms with van der Waals surface area (Å²) in [6.07, 6.45) is -0.381. The molecule has 2 fully saturated rings. The SMILES string of the molecule is NC(=O)OC1CS[C@@H]2CC(=O)N2C1. The zero-order valence-electron chi connectivity index (χ0n) is 6.93. The van der Waals surface area contributed by atoms with Gasteiger partial charge in [-0.3, -0.25) is 4.79 Å². The first-order valence-corrected chi connectivity index (χ1v) is 5.09. The lowest BCUT2D eigenvalue weighted by molar-refractivity contribution is -0.143. The van der Waals surface area contributed by atoms with Crippen molar-refractivity contribution >= 4 is 23.8 Å². The minimum Gasteiger partial charge on any atom is -0.444 e. The summed E-state index contributed by atoms with van der Waals surface area (Å²) in [6, 6.07) is 0. The molecule has 2 N–H and O–H groups in total. The molecule has 2 heterocycles. The third-order valence-corrected chi connectivity index (χ3v) is 3.55. The first-order chi connectivity index (χ1) is 6.16. The van der Waals surface area contributed by atoms with Crippen molar-refractivity contribution in [1.82, 2.24) is 4.90 Å². The summed E-state index contributed by atoms with van der Waals surface area (Å²) in [5.41, 5.74) is 4.88. The van der Waals surface area contributed by atoms with Crippen LogP contribution in [-0.2, 0) is 9.53 Å². The molecule has 0 bridgehead atoms. The standard InChI is InChI=1S/C7H10N2O3S/c8-7(11)12-4-2-9-5(10)1-6(9)13-3-4/h4,6H,1-3H2,(H2,8,11)/t4?,6-/m1/s1. The second-order valence-electron chi connectivity index (χ2n) is 3.10. The van der Waals surface area contributed by atoms with Crippen LogP contribution < -0.4 is 5.73 Å². The number of thioether (sulfide) groups is 1. The quantitative estimate of drug-likeness (QED) is 0.595. The Balaban J connectivity index is 1.89. The maximum Gasteiger partial charge on any atom is 0.404 e. The Morgan fingerprint density at radius 3 is 3.08 bits per heavy atom. The minimum atomic E-state index is -0.767. The van der Waals surface area contributed by atoms with Gasteiger partial charge in [-0.05, 0) is 0 Å². The van der Waals surface area contributed by atoms with E-state index in [1.54, 1.807) is 16.7 Å². The number of ether oxygens (including phenoxy) is 1. The van der Waals surface area contributed by atoms with Gasteiger partial charge in [-0.25, -0.2) is 4.79 Å². The number of carbonyl (C=O) groups is 2. The van der Waals surface area contributed by atoms with Crippen molar-refractivity contribution in [3.63, 3.8) is 0 Å². The lowest BCUT2D eigenvalue weighted by Crippen LogP contribution is -2.58. The molecule has 0 saturated carbocycles. The molecule has 2 rings (SSSR count). The number of β-lactam (4-membered cyclic amide) rings is 1. The van der Waals surface area contributed by atoms with Gasteiger partial charge < -0.3 is 15.4 Å². The molecule has 0 aliphatic carbocycles. The molecular weight excluding hydrogens is 192 g/mol. The summed E-state index contributed by atoms with van der Waals surface area (Å²) in [4.78, 5) is 23.2. The maximum atomic E-state index is 11.0. The van der Waals surface area contributed by atoms with Crippen LogP contribution in [0.3, 0.4) is 0 Å². The van der Waals surface area contributed by atoms with Crippen molar-refractivity contribution in [2.75, 3.05) is 12.3 Å². The molecule has 0 aromatic carbocycles. The molecule has 2 atom stereocenters. The van der Waals surface area contributed by atoms with E-state index >= 15 is 0 Å². The molecule has 2 saturated heterocycles. The van der Waals surface area contributed by atoms with E-state index < -0.39 is 6.09 Å². The average Bonchev–Trinajstić information content (AvgIpc) is 2.05. The van der Waals surface area contributed by atoms with E-state index in [1.165, 1.54) is 0 Å². The summed E-state index contributed by atoms with van der Waals surface area (Å²) >= 11 is 1.64. The lowest BCUT2D eigenvalue weighted by atomic mass is 10.1. The van der Waals surface area contributed by atoms with Gasteiger partial charge >= 0.3 is 6.09 Å². The fourth-order valence-corrected chi connectivity index (χ4v) is 2.77. The molecule has 0 radical (unpaired) electrons. The number of fused-ring (bicyclic) bond motifs is 1. The van der Waals surface area contributed by atoms with Gasteiger partial charge in [0.05, 0.1) is 18.3 Å². The van der Waals surface area contributed by atoms with Crippen LogP contribution >= 0.6 is 11.8 Å². The molecule has 13 heavy (non-hydrogen) atoms. The number of hydrogen-bond acceptors (Lipinski definition) is 4. The average molecular weight is 202 g/mol. The Morgan fingerprint density at radius 2 is 2.46 bits per heavy atom. The second-order valence-corrected chi connectivity index (χ2v) is 4.31. The van der Waals surface area contributed by atoms with E-state index in [-0.39, 0.29) is 12.0 Å². The van der Waals surface area contributed by atoms with Crippen molar-refractivity contribution < 1.29 is 14.3 Å². The fourth-order valence-electron chi connectivity index (χ4n) is 1.52. The summed E-state index contributed by atoms with van der Waals surface area (Å²) < 4.78 is 4.82. The maximum absolute atomic E-state index is 11.0. The van der Waals surface area contributed by atoms with Gasteiger partial charge in [0.2, 0.25) is 5.91 Å². The van der Waals surface area contributed by atoms with Crippen LogP contribution in [0.15, 0.2) is 0 Å². The lowest BCUT2D eigenvalue weighted by Gasteiger charge is -2.45. The molecule has 72 valence electrons. The van der Waals surface area contributed by atoms with Gasteiger partial charge in [-0.15, -0.1) is 11.8 Å². The van der Waals surface area contributed by atoms with Gasteiger partial charge in [-0.2, -0.15) is 0 Å². The molecule has 2 amide bonds. The Morgan fingerprint density at radius 1 is 1.69 bits per heavy atom. The smallest absolute Gasteiger partial charge is 0.404 e. The van der Waals surface area contributed by atoms with Crippen LogP contribution in [0.2, 0.25) is 0 Å². The number of amides is 2. The van der Waals surface area contributed by atoms with Crippen LogP contribution in [-0.4, -0.2) is 40.7 Å².